The van der Waals surface area contributed by atoms with E-state index in [2.05, 4.69) is 4.74 Å². The molecule has 0 saturated heterocycles. The Hall–Kier alpha value is -1.32. The maximum absolute atomic E-state index is 11.0. The Kier molecular flexibility index (Phi) is 2.85. The van der Waals surface area contributed by atoms with Crippen LogP contribution in [0.15, 0.2) is 11.6 Å². The van der Waals surface area contributed by atoms with E-state index in [-0.39, 0.29) is 6.09 Å². The van der Waals surface area contributed by atoms with E-state index in [1.807, 2.05) is 6.08 Å². The van der Waals surface area contributed by atoms with Gasteiger partial charge in [0.05, 0.1) is 13.7 Å². The van der Waals surface area contributed by atoms with Crippen molar-refractivity contribution in [1.82, 2.24) is 4.90 Å². The van der Waals surface area contributed by atoms with Crippen LogP contribution in [0.2, 0.25) is 0 Å². The predicted molar refractivity (Wildman–Crippen MR) is 42.7 cm³/mol. The van der Waals surface area contributed by atoms with Gasteiger partial charge in [-0.1, -0.05) is 6.08 Å². The molecule has 0 radical (unpaired) electrons. The van der Waals surface area contributed by atoms with Crippen LogP contribution < -0.4 is 0 Å². The van der Waals surface area contributed by atoms with Crippen molar-refractivity contribution < 1.29 is 14.3 Å². The number of methoxy groups -OCH3 is 1. The molecule has 0 fully saturated rings. The standard InChI is InChI=1S/C8H11NO3/c1-12-8(11)9-4-2-3-7(5-9)6-10/h3,6H,2,4-5H2,1H3. The average Bonchev–Trinajstić information content (AvgIpc) is 2.17. The van der Waals surface area contributed by atoms with Crippen LogP contribution in [0.3, 0.4) is 0 Å². The Labute approximate surface area is 70.8 Å². The fraction of sp³-hybridized carbons (Fsp3) is 0.500. The Morgan fingerprint density at radius 2 is 2.50 bits per heavy atom. The fourth-order valence-electron chi connectivity index (χ4n) is 1.14. The van der Waals surface area contributed by atoms with Gasteiger partial charge < -0.3 is 9.64 Å². The zero-order valence-corrected chi connectivity index (χ0v) is 6.95. The largest absolute Gasteiger partial charge is 0.453 e. The molecule has 0 aromatic heterocycles. The molecular formula is C8H11NO3. The number of hydrogen-bond donors (Lipinski definition) is 0. The minimum Gasteiger partial charge on any atom is -0.453 e. The minimum atomic E-state index is -0.373. The van der Waals surface area contributed by atoms with Crippen molar-refractivity contribution in [3.63, 3.8) is 0 Å². The van der Waals surface area contributed by atoms with Crippen molar-refractivity contribution in [3.8, 4) is 0 Å². The average molecular weight is 169 g/mol. The van der Waals surface area contributed by atoms with E-state index >= 15 is 0 Å². The second kappa shape index (κ2) is 3.90. The second-order valence-corrected chi connectivity index (χ2v) is 2.58. The summed E-state index contributed by atoms with van der Waals surface area (Å²) in [5.41, 5.74) is 0.645. The third-order valence-electron chi connectivity index (χ3n) is 1.76. The summed E-state index contributed by atoms with van der Waals surface area (Å²) < 4.78 is 4.53. The predicted octanol–water partition coefficient (Wildman–Crippen LogP) is 0.584. The van der Waals surface area contributed by atoms with Crippen molar-refractivity contribution in [1.29, 1.82) is 0 Å². The van der Waals surface area contributed by atoms with Crippen molar-refractivity contribution >= 4 is 12.4 Å². The summed E-state index contributed by atoms with van der Waals surface area (Å²) in [6.07, 6.45) is 2.97. The third-order valence-corrected chi connectivity index (χ3v) is 1.76. The highest BCUT2D eigenvalue weighted by atomic mass is 16.5. The number of carbonyl (C=O) groups is 2. The van der Waals surface area contributed by atoms with Gasteiger partial charge in [0.15, 0.2) is 0 Å². The molecule has 0 atom stereocenters. The normalized spacial score (nSPS) is 16.8. The van der Waals surface area contributed by atoms with E-state index in [9.17, 15) is 9.59 Å². The number of rotatable bonds is 1. The van der Waals surface area contributed by atoms with Gasteiger partial charge in [-0.05, 0) is 6.42 Å². The molecule has 0 N–H and O–H groups in total. The highest BCUT2D eigenvalue weighted by Gasteiger charge is 2.17. The summed E-state index contributed by atoms with van der Waals surface area (Å²) >= 11 is 0. The monoisotopic (exact) mass is 169 g/mol. The molecular weight excluding hydrogens is 158 g/mol. The molecule has 1 rings (SSSR count). The highest BCUT2D eigenvalue weighted by molar-refractivity contribution is 5.77. The summed E-state index contributed by atoms with van der Waals surface area (Å²) in [4.78, 5) is 22.9. The molecule has 0 saturated carbocycles. The quantitative estimate of drug-likeness (QED) is 0.539. The highest BCUT2D eigenvalue weighted by Crippen LogP contribution is 2.08. The smallest absolute Gasteiger partial charge is 0.409 e. The fourth-order valence-corrected chi connectivity index (χ4v) is 1.14. The van der Waals surface area contributed by atoms with Crippen LogP contribution in [-0.4, -0.2) is 37.5 Å². The zero-order chi connectivity index (χ0) is 8.97. The Morgan fingerprint density at radius 1 is 1.75 bits per heavy atom. The van der Waals surface area contributed by atoms with Crippen molar-refractivity contribution in [3.05, 3.63) is 11.6 Å². The maximum Gasteiger partial charge on any atom is 0.409 e. The van der Waals surface area contributed by atoms with Crippen LogP contribution in [0.1, 0.15) is 6.42 Å². The number of amides is 1. The van der Waals surface area contributed by atoms with Crippen LogP contribution >= 0.6 is 0 Å². The topological polar surface area (TPSA) is 46.6 Å². The van der Waals surface area contributed by atoms with Crippen LogP contribution in [-0.2, 0) is 9.53 Å². The van der Waals surface area contributed by atoms with Gasteiger partial charge in [-0.15, -0.1) is 0 Å². The molecule has 12 heavy (non-hydrogen) atoms. The molecule has 0 unspecified atom stereocenters. The Bertz CT molecular complexity index is 222. The van der Waals surface area contributed by atoms with Gasteiger partial charge >= 0.3 is 6.09 Å². The van der Waals surface area contributed by atoms with E-state index in [1.165, 1.54) is 12.0 Å². The SMILES string of the molecule is COC(=O)N1CCC=C(C=O)C1. The van der Waals surface area contributed by atoms with Crippen molar-refractivity contribution in [2.24, 2.45) is 0 Å². The molecule has 1 amide bonds. The number of aldehydes is 1. The zero-order valence-electron chi connectivity index (χ0n) is 6.95. The van der Waals surface area contributed by atoms with E-state index in [1.54, 1.807) is 0 Å². The van der Waals surface area contributed by atoms with Gasteiger partial charge in [0.1, 0.15) is 6.29 Å². The lowest BCUT2D eigenvalue weighted by Crippen LogP contribution is -2.35. The first-order valence-corrected chi connectivity index (χ1v) is 3.75. The first-order chi connectivity index (χ1) is 5.77. The molecule has 0 bridgehead atoms. The molecule has 0 aromatic rings. The third kappa shape index (κ3) is 1.84. The second-order valence-electron chi connectivity index (χ2n) is 2.58. The van der Waals surface area contributed by atoms with Crippen LogP contribution in [0.5, 0.6) is 0 Å². The molecule has 0 aromatic carbocycles. The molecule has 4 nitrogen and oxygen atoms in total. The Balaban J connectivity index is 2.56. The van der Waals surface area contributed by atoms with E-state index in [4.69, 9.17) is 0 Å². The molecule has 1 heterocycles. The van der Waals surface area contributed by atoms with Gasteiger partial charge in [0.2, 0.25) is 0 Å². The summed E-state index contributed by atoms with van der Waals surface area (Å²) in [5.74, 6) is 0. The minimum absolute atomic E-state index is 0.371. The van der Waals surface area contributed by atoms with Crippen molar-refractivity contribution in [2.75, 3.05) is 20.2 Å². The van der Waals surface area contributed by atoms with Gasteiger partial charge in [-0.2, -0.15) is 0 Å². The molecule has 4 heteroatoms. The first-order valence-electron chi connectivity index (χ1n) is 3.75. The van der Waals surface area contributed by atoms with E-state index < -0.39 is 0 Å². The van der Waals surface area contributed by atoms with Gasteiger partial charge in [-0.25, -0.2) is 4.79 Å². The number of nitrogens with zero attached hydrogens (tertiary/aromatic N) is 1. The van der Waals surface area contributed by atoms with Gasteiger partial charge in [-0.3, -0.25) is 4.79 Å². The number of carbonyl (C=O) groups excluding carboxylic acids is 2. The molecule has 1 aliphatic heterocycles. The molecule has 0 spiro atoms. The summed E-state index contributed by atoms with van der Waals surface area (Å²) in [5, 5.41) is 0. The molecule has 66 valence electrons. The lowest BCUT2D eigenvalue weighted by molar-refractivity contribution is -0.105. The van der Waals surface area contributed by atoms with Gasteiger partial charge in [0.25, 0.3) is 0 Å². The lowest BCUT2D eigenvalue weighted by Gasteiger charge is -2.23. The Morgan fingerprint density at radius 3 is 3.08 bits per heavy atom. The maximum atomic E-state index is 11.0. The lowest BCUT2D eigenvalue weighted by atomic mass is 10.1. The molecule has 1 aliphatic rings. The summed E-state index contributed by atoms with van der Waals surface area (Å²) in [6.45, 7) is 1.00. The van der Waals surface area contributed by atoms with Crippen LogP contribution in [0, 0.1) is 0 Å². The summed E-state index contributed by atoms with van der Waals surface area (Å²) in [7, 11) is 1.33. The van der Waals surface area contributed by atoms with Crippen molar-refractivity contribution in [2.45, 2.75) is 6.42 Å². The number of hydrogen-bond acceptors (Lipinski definition) is 3. The number of ether oxygens (including phenoxy) is 1. The summed E-state index contributed by atoms with van der Waals surface area (Å²) in [6, 6.07) is 0. The van der Waals surface area contributed by atoms with E-state index in [0.717, 1.165) is 12.7 Å². The van der Waals surface area contributed by atoms with Crippen LogP contribution in [0.25, 0.3) is 0 Å². The van der Waals surface area contributed by atoms with Gasteiger partial charge in [0, 0.05) is 12.1 Å². The van der Waals surface area contributed by atoms with E-state index in [0.29, 0.717) is 18.7 Å². The first kappa shape index (κ1) is 8.77. The van der Waals surface area contributed by atoms with Crippen LogP contribution in [0.4, 0.5) is 4.79 Å². The molecule has 0 aliphatic carbocycles.